The van der Waals surface area contributed by atoms with E-state index in [0.29, 0.717) is 6.04 Å². The third-order valence-electron chi connectivity index (χ3n) is 4.99. The highest BCUT2D eigenvalue weighted by Gasteiger charge is 2.40. The summed E-state index contributed by atoms with van der Waals surface area (Å²) in [5.74, 6) is 0.800. The van der Waals surface area contributed by atoms with Crippen LogP contribution in [0.5, 0.6) is 0 Å². The van der Waals surface area contributed by atoms with Crippen LogP contribution in [0.25, 0.3) is 0 Å². The molecule has 0 bridgehead atoms. The second kappa shape index (κ2) is 8.97. The summed E-state index contributed by atoms with van der Waals surface area (Å²) in [6, 6.07) is 0.533. The lowest BCUT2D eigenvalue weighted by Gasteiger charge is -2.44. The average molecular weight is 269 g/mol. The summed E-state index contributed by atoms with van der Waals surface area (Å²) in [4.78, 5) is 0. The zero-order valence-electron chi connectivity index (χ0n) is 13.6. The molecule has 0 aromatic heterocycles. The molecular weight excluding hydrogens is 234 g/mol. The van der Waals surface area contributed by atoms with E-state index >= 15 is 0 Å². The predicted molar refractivity (Wildman–Crippen MR) is 83.6 cm³/mol. The predicted octanol–water partition coefficient (Wildman–Crippen LogP) is 4.53. The maximum Gasteiger partial charge on any atom is 0.0832 e. The van der Waals surface area contributed by atoms with Crippen molar-refractivity contribution in [2.24, 2.45) is 5.92 Å². The van der Waals surface area contributed by atoms with Crippen LogP contribution in [0.4, 0.5) is 0 Å². The smallest absolute Gasteiger partial charge is 0.0832 e. The summed E-state index contributed by atoms with van der Waals surface area (Å²) in [7, 11) is 0. The van der Waals surface area contributed by atoms with Gasteiger partial charge in [0.15, 0.2) is 0 Å². The summed E-state index contributed by atoms with van der Waals surface area (Å²) in [5.41, 5.74) is 0.0414. The minimum atomic E-state index is 0.0414. The molecular formula is C17H35NO. The molecule has 2 nitrogen and oxygen atoms in total. The van der Waals surface area contributed by atoms with Crippen molar-refractivity contribution in [2.45, 2.75) is 90.7 Å². The fourth-order valence-electron chi connectivity index (χ4n) is 3.92. The number of hydrogen-bond donors (Lipinski definition) is 1. The molecule has 1 rings (SSSR count). The van der Waals surface area contributed by atoms with E-state index in [2.05, 4.69) is 33.0 Å². The Labute approximate surface area is 120 Å². The van der Waals surface area contributed by atoms with Crippen molar-refractivity contribution in [1.82, 2.24) is 5.32 Å². The fraction of sp³-hybridized carbons (Fsp3) is 1.00. The van der Waals surface area contributed by atoms with Crippen molar-refractivity contribution in [3.8, 4) is 0 Å². The van der Waals surface area contributed by atoms with Crippen LogP contribution in [0.1, 0.15) is 79.1 Å². The van der Waals surface area contributed by atoms with Gasteiger partial charge in [-0.15, -0.1) is 0 Å². The van der Waals surface area contributed by atoms with Crippen LogP contribution in [0.15, 0.2) is 0 Å². The van der Waals surface area contributed by atoms with E-state index < -0.39 is 0 Å². The fourth-order valence-corrected chi connectivity index (χ4v) is 3.92. The Balaban J connectivity index is 2.87. The van der Waals surface area contributed by atoms with Crippen molar-refractivity contribution < 1.29 is 4.74 Å². The molecule has 1 aliphatic rings. The number of nitrogens with one attached hydrogen (secondary N) is 1. The van der Waals surface area contributed by atoms with E-state index in [1.54, 1.807) is 0 Å². The van der Waals surface area contributed by atoms with E-state index in [4.69, 9.17) is 4.74 Å². The second-order valence-electron chi connectivity index (χ2n) is 5.99. The second-order valence-corrected chi connectivity index (χ2v) is 5.99. The SMILES string of the molecule is CCNC(C1CCCCCC1)C(CC)(CC)OCC. The molecule has 1 fully saturated rings. The summed E-state index contributed by atoms with van der Waals surface area (Å²) >= 11 is 0. The van der Waals surface area contributed by atoms with Gasteiger partial charge in [0.05, 0.1) is 5.60 Å². The Morgan fingerprint density at radius 1 is 1.00 bits per heavy atom. The molecule has 0 amide bonds. The van der Waals surface area contributed by atoms with Gasteiger partial charge < -0.3 is 10.1 Å². The van der Waals surface area contributed by atoms with Gasteiger partial charge in [0.25, 0.3) is 0 Å². The number of rotatable bonds is 8. The van der Waals surface area contributed by atoms with Gasteiger partial charge in [-0.05, 0) is 45.1 Å². The number of hydrogen-bond acceptors (Lipinski definition) is 2. The Morgan fingerprint density at radius 2 is 1.58 bits per heavy atom. The van der Waals surface area contributed by atoms with Gasteiger partial charge in [-0.3, -0.25) is 0 Å². The molecule has 19 heavy (non-hydrogen) atoms. The molecule has 0 aliphatic heterocycles. The maximum absolute atomic E-state index is 6.27. The molecule has 1 N–H and O–H groups in total. The summed E-state index contributed by atoms with van der Waals surface area (Å²) < 4.78 is 6.27. The first-order valence-electron chi connectivity index (χ1n) is 8.61. The highest BCUT2D eigenvalue weighted by Crippen LogP contribution is 2.35. The summed E-state index contributed by atoms with van der Waals surface area (Å²) in [6.07, 6.45) is 10.7. The lowest BCUT2D eigenvalue weighted by Crippen LogP contribution is -2.55. The first-order valence-corrected chi connectivity index (χ1v) is 8.61. The van der Waals surface area contributed by atoms with E-state index in [1.165, 1.54) is 38.5 Å². The standard InChI is InChI=1S/C17H35NO/c1-5-17(6-2,19-8-4)16(18-7-3)15-13-11-9-10-12-14-15/h15-16,18H,5-14H2,1-4H3. The third kappa shape index (κ3) is 4.46. The van der Waals surface area contributed by atoms with Gasteiger partial charge in [-0.1, -0.05) is 46.5 Å². The monoisotopic (exact) mass is 269 g/mol. The molecule has 0 spiro atoms. The molecule has 1 atom stereocenters. The van der Waals surface area contributed by atoms with Crippen LogP contribution in [0, 0.1) is 5.92 Å². The van der Waals surface area contributed by atoms with Gasteiger partial charge in [-0.25, -0.2) is 0 Å². The van der Waals surface area contributed by atoms with Crippen molar-refractivity contribution in [3.63, 3.8) is 0 Å². The molecule has 114 valence electrons. The maximum atomic E-state index is 6.27. The van der Waals surface area contributed by atoms with Crippen LogP contribution in [-0.2, 0) is 4.74 Å². The average Bonchev–Trinajstić information content (AvgIpc) is 2.71. The van der Waals surface area contributed by atoms with Crippen LogP contribution in [-0.4, -0.2) is 24.8 Å². The number of ether oxygens (including phenoxy) is 1. The summed E-state index contributed by atoms with van der Waals surface area (Å²) in [5, 5.41) is 3.78. The van der Waals surface area contributed by atoms with Crippen molar-refractivity contribution in [2.75, 3.05) is 13.2 Å². The third-order valence-corrected chi connectivity index (χ3v) is 4.99. The highest BCUT2D eigenvalue weighted by atomic mass is 16.5. The molecule has 0 radical (unpaired) electrons. The van der Waals surface area contributed by atoms with Crippen molar-refractivity contribution in [1.29, 1.82) is 0 Å². The molecule has 2 heteroatoms. The van der Waals surface area contributed by atoms with Crippen LogP contribution < -0.4 is 5.32 Å². The van der Waals surface area contributed by atoms with Gasteiger partial charge >= 0.3 is 0 Å². The highest BCUT2D eigenvalue weighted by molar-refractivity contribution is 4.96. The molecule has 1 saturated carbocycles. The number of likely N-dealkylation sites (N-methyl/N-ethyl adjacent to an activating group) is 1. The van der Waals surface area contributed by atoms with Crippen LogP contribution >= 0.6 is 0 Å². The Bertz CT molecular complexity index is 217. The Kier molecular flexibility index (Phi) is 8.01. The lowest BCUT2D eigenvalue weighted by molar-refractivity contribution is -0.0866. The lowest BCUT2D eigenvalue weighted by atomic mass is 9.77. The van der Waals surface area contributed by atoms with Gasteiger partial charge in [-0.2, -0.15) is 0 Å². The van der Waals surface area contributed by atoms with Crippen LogP contribution in [0.2, 0.25) is 0 Å². The van der Waals surface area contributed by atoms with Crippen molar-refractivity contribution in [3.05, 3.63) is 0 Å². The van der Waals surface area contributed by atoms with E-state index in [1.807, 2.05) is 0 Å². The molecule has 1 unspecified atom stereocenters. The Hall–Kier alpha value is -0.0800. The Morgan fingerprint density at radius 3 is 2.00 bits per heavy atom. The van der Waals surface area contributed by atoms with E-state index in [0.717, 1.165) is 31.9 Å². The molecule has 0 heterocycles. The molecule has 1 aliphatic carbocycles. The molecule has 0 aromatic carbocycles. The zero-order chi connectivity index (χ0) is 14.1. The minimum Gasteiger partial charge on any atom is -0.374 e. The molecule has 0 aromatic rings. The first kappa shape index (κ1) is 17.0. The topological polar surface area (TPSA) is 21.3 Å². The summed E-state index contributed by atoms with van der Waals surface area (Å²) in [6.45, 7) is 10.8. The van der Waals surface area contributed by atoms with E-state index in [-0.39, 0.29) is 5.60 Å². The van der Waals surface area contributed by atoms with Gasteiger partial charge in [0.1, 0.15) is 0 Å². The minimum absolute atomic E-state index is 0.0414. The van der Waals surface area contributed by atoms with Gasteiger partial charge in [0, 0.05) is 12.6 Å². The van der Waals surface area contributed by atoms with Crippen molar-refractivity contribution >= 4 is 0 Å². The normalized spacial score (nSPS) is 20.2. The van der Waals surface area contributed by atoms with E-state index in [9.17, 15) is 0 Å². The first-order chi connectivity index (χ1) is 9.24. The zero-order valence-corrected chi connectivity index (χ0v) is 13.6. The van der Waals surface area contributed by atoms with Crippen LogP contribution in [0.3, 0.4) is 0 Å². The quantitative estimate of drug-likeness (QED) is 0.654. The molecule has 0 saturated heterocycles. The largest absolute Gasteiger partial charge is 0.374 e. The van der Waals surface area contributed by atoms with Gasteiger partial charge in [0.2, 0.25) is 0 Å².